The minimum Gasteiger partial charge on any atom is -0.481 e. The quantitative estimate of drug-likeness (QED) is 0.894. The number of hydrogen-bond acceptors (Lipinski definition) is 4. The van der Waals surface area contributed by atoms with E-state index in [0.29, 0.717) is 32.2 Å². The van der Waals surface area contributed by atoms with Gasteiger partial charge in [-0.05, 0) is 37.8 Å². The van der Waals surface area contributed by atoms with Gasteiger partial charge >= 0.3 is 12.1 Å². The largest absolute Gasteiger partial charge is 0.481 e. The van der Waals surface area contributed by atoms with E-state index < -0.39 is 11.6 Å². The monoisotopic (exact) mass is 276 g/mol. The van der Waals surface area contributed by atoms with Crippen molar-refractivity contribution < 1.29 is 19.4 Å². The van der Waals surface area contributed by atoms with Gasteiger partial charge in [-0.25, -0.2) is 4.79 Å². The maximum absolute atomic E-state index is 12.0. The first-order valence-corrected chi connectivity index (χ1v) is 6.73. The Balaban J connectivity index is 1.73. The van der Waals surface area contributed by atoms with Crippen LogP contribution >= 0.6 is 0 Å². The van der Waals surface area contributed by atoms with Crippen LogP contribution in [0.2, 0.25) is 0 Å². The van der Waals surface area contributed by atoms with Gasteiger partial charge in [0.2, 0.25) is 0 Å². The Bertz CT molecular complexity index is 523. The van der Waals surface area contributed by atoms with Crippen LogP contribution in [0.4, 0.5) is 10.5 Å². The van der Waals surface area contributed by atoms with Gasteiger partial charge in [-0.1, -0.05) is 0 Å². The Morgan fingerprint density at radius 2 is 2.20 bits per heavy atom. The van der Waals surface area contributed by atoms with Gasteiger partial charge in [0.15, 0.2) is 0 Å². The number of aromatic nitrogens is 1. The first kappa shape index (κ1) is 12.9. The second-order valence-electron chi connectivity index (χ2n) is 5.46. The third-order valence-corrected chi connectivity index (χ3v) is 4.17. The van der Waals surface area contributed by atoms with Crippen molar-refractivity contribution in [3.63, 3.8) is 0 Å². The number of ether oxygens (including phenoxy) is 1. The molecule has 2 fully saturated rings. The van der Waals surface area contributed by atoms with Crippen molar-refractivity contribution in [3.8, 4) is 0 Å². The van der Waals surface area contributed by atoms with E-state index in [0.717, 1.165) is 5.69 Å². The van der Waals surface area contributed by atoms with Crippen LogP contribution in [0, 0.1) is 5.92 Å². The molecule has 1 aromatic heterocycles. The summed E-state index contributed by atoms with van der Waals surface area (Å²) in [6.45, 7) is 0.476. The topological polar surface area (TPSA) is 79.7 Å². The highest BCUT2D eigenvalue weighted by Crippen LogP contribution is 2.40. The molecule has 2 aliphatic rings. The predicted octanol–water partition coefficient (Wildman–Crippen LogP) is 2.05. The lowest BCUT2D eigenvalue weighted by atomic mass is 9.79. The number of carboxylic acid groups (broad SMARTS) is 1. The van der Waals surface area contributed by atoms with Crippen LogP contribution in [0.15, 0.2) is 24.5 Å². The van der Waals surface area contributed by atoms with Crippen LogP contribution in [-0.2, 0) is 9.53 Å². The van der Waals surface area contributed by atoms with E-state index in [2.05, 4.69) is 4.98 Å². The second-order valence-corrected chi connectivity index (χ2v) is 5.46. The second kappa shape index (κ2) is 4.77. The van der Waals surface area contributed by atoms with Gasteiger partial charge in [-0.15, -0.1) is 0 Å². The molecule has 0 radical (unpaired) electrons. The average Bonchev–Trinajstić information content (AvgIpc) is 2.77. The average molecular weight is 276 g/mol. The minimum atomic E-state index is -0.756. The third-order valence-electron chi connectivity index (χ3n) is 4.17. The molecule has 6 heteroatoms. The summed E-state index contributed by atoms with van der Waals surface area (Å²) < 4.78 is 5.55. The number of pyridine rings is 1. The number of nitrogens with zero attached hydrogens (tertiary/aromatic N) is 2. The van der Waals surface area contributed by atoms with Crippen LogP contribution in [0.25, 0.3) is 0 Å². The predicted molar refractivity (Wildman–Crippen MR) is 70.4 cm³/mol. The van der Waals surface area contributed by atoms with E-state index in [-0.39, 0.29) is 12.0 Å². The summed E-state index contributed by atoms with van der Waals surface area (Å²) in [5.41, 5.74) is 0.188. The summed E-state index contributed by atoms with van der Waals surface area (Å²) in [6.07, 6.45) is 5.24. The molecule has 0 bridgehead atoms. The van der Waals surface area contributed by atoms with Gasteiger partial charge in [-0.2, -0.15) is 0 Å². The molecule has 2 heterocycles. The smallest absolute Gasteiger partial charge is 0.415 e. The Morgan fingerprint density at radius 3 is 2.80 bits per heavy atom. The van der Waals surface area contributed by atoms with E-state index >= 15 is 0 Å². The van der Waals surface area contributed by atoms with Crippen molar-refractivity contribution in [3.05, 3.63) is 24.5 Å². The molecule has 0 atom stereocenters. The number of carbonyl (C=O) groups excluding carboxylic acids is 1. The highest BCUT2D eigenvalue weighted by atomic mass is 16.6. The van der Waals surface area contributed by atoms with Gasteiger partial charge in [-0.3, -0.25) is 14.7 Å². The molecule has 0 unspecified atom stereocenters. The molecule has 1 aliphatic carbocycles. The van der Waals surface area contributed by atoms with Crippen molar-refractivity contribution in [1.29, 1.82) is 0 Å². The fraction of sp³-hybridized carbons (Fsp3) is 0.500. The van der Waals surface area contributed by atoms with Crippen molar-refractivity contribution in [2.45, 2.75) is 31.3 Å². The number of carboxylic acids is 1. The summed E-state index contributed by atoms with van der Waals surface area (Å²) >= 11 is 0. The number of aliphatic carboxylic acids is 1. The fourth-order valence-electron chi connectivity index (χ4n) is 2.99. The highest BCUT2D eigenvalue weighted by molar-refractivity contribution is 5.90. The summed E-state index contributed by atoms with van der Waals surface area (Å²) in [6, 6.07) is 3.59. The van der Waals surface area contributed by atoms with E-state index in [1.807, 2.05) is 6.07 Å². The van der Waals surface area contributed by atoms with Gasteiger partial charge in [0, 0.05) is 6.20 Å². The van der Waals surface area contributed by atoms with Crippen LogP contribution in [0.3, 0.4) is 0 Å². The number of amides is 1. The Morgan fingerprint density at radius 1 is 1.45 bits per heavy atom. The number of rotatable bonds is 2. The number of anilines is 1. The maximum atomic E-state index is 12.0. The van der Waals surface area contributed by atoms with E-state index in [4.69, 9.17) is 9.84 Å². The Kier molecular flexibility index (Phi) is 3.08. The van der Waals surface area contributed by atoms with Crippen molar-refractivity contribution in [2.75, 3.05) is 11.4 Å². The normalized spacial score (nSPS) is 29.5. The first-order chi connectivity index (χ1) is 9.60. The molecule has 1 aromatic rings. The lowest BCUT2D eigenvalue weighted by molar-refractivity contribution is -0.144. The zero-order valence-electron chi connectivity index (χ0n) is 11.0. The Labute approximate surface area is 116 Å². The molecule has 1 N–H and O–H groups in total. The lowest BCUT2D eigenvalue weighted by Crippen LogP contribution is -2.40. The highest BCUT2D eigenvalue weighted by Gasteiger charge is 2.48. The summed E-state index contributed by atoms with van der Waals surface area (Å²) in [5.74, 6) is -1.07. The van der Waals surface area contributed by atoms with Crippen molar-refractivity contribution >= 4 is 17.7 Å². The lowest BCUT2D eigenvalue weighted by Gasteiger charge is -2.33. The molecule has 6 nitrogen and oxygen atoms in total. The van der Waals surface area contributed by atoms with Gasteiger partial charge in [0.1, 0.15) is 5.60 Å². The SMILES string of the molecule is O=C(O)C1CCC2(CC1)CN(c1cccnc1)C(=O)O2. The Hall–Kier alpha value is -2.11. The maximum Gasteiger partial charge on any atom is 0.415 e. The molecule has 20 heavy (non-hydrogen) atoms. The molecule has 1 aliphatic heterocycles. The summed E-state index contributed by atoms with van der Waals surface area (Å²) in [5, 5.41) is 9.03. The zero-order valence-corrected chi connectivity index (χ0v) is 11.0. The van der Waals surface area contributed by atoms with E-state index in [9.17, 15) is 9.59 Å². The number of carbonyl (C=O) groups is 2. The molecule has 1 spiro atoms. The molecule has 3 rings (SSSR count). The molecular formula is C14H16N2O4. The third kappa shape index (κ3) is 2.21. The molecule has 1 saturated heterocycles. The van der Waals surface area contributed by atoms with Gasteiger partial charge < -0.3 is 9.84 Å². The van der Waals surface area contributed by atoms with Crippen LogP contribution in [0.1, 0.15) is 25.7 Å². The first-order valence-electron chi connectivity index (χ1n) is 6.73. The van der Waals surface area contributed by atoms with E-state index in [1.54, 1.807) is 23.4 Å². The summed E-state index contributed by atoms with van der Waals surface area (Å²) in [4.78, 5) is 28.6. The molecule has 1 saturated carbocycles. The van der Waals surface area contributed by atoms with Gasteiger partial charge in [0.25, 0.3) is 0 Å². The molecular weight excluding hydrogens is 260 g/mol. The zero-order chi connectivity index (χ0) is 14.2. The fourth-order valence-corrected chi connectivity index (χ4v) is 2.99. The van der Waals surface area contributed by atoms with Crippen molar-refractivity contribution in [1.82, 2.24) is 4.98 Å². The van der Waals surface area contributed by atoms with E-state index in [1.165, 1.54) is 0 Å². The van der Waals surface area contributed by atoms with Crippen LogP contribution in [-0.4, -0.2) is 34.3 Å². The molecule has 0 aromatic carbocycles. The number of hydrogen-bond donors (Lipinski definition) is 1. The standard InChI is InChI=1S/C14H16N2O4/c17-12(18)10-3-5-14(6-4-10)9-16(13(19)20-14)11-2-1-7-15-8-11/h1-2,7-8,10H,3-6,9H2,(H,17,18). The van der Waals surface area contributed by atoms with Gasteiger partial charge in [0.05, 0.1) is 24.3 Å². The van der Waals surface area contributed by atoms with Crippen molar-refractivity contribution in [2.24, 2.45) is 5.92 Å². The minimum absolute atomic E-state index is 0.313. The molecule has 1 amide bonds. The van der Waals surface area contributed by atoms with Crippen LogP contribution in [0.5, 0.6) is 0 Å². The summed E-state index contributed by atoms with van der Waals surface area (Å²) in [7, 11) is 0. The molecule has 106 valence electrons. The van der Waals surface area contributed by atoms with Crippen LogP contribution < -0.4 is 4.90 Å².